The van der Waals surface area contributed by atoms with Gasteiger partial charge in [-0.05, 0) is 40.5 Å². The van der Waals surface area contributed by atoms with Crippen LogP contribution in [0, 0.1) is 11.3 Å². The minimum atomic E-state index is -3.85. The number of carboxylic acids is 1. The molecule has 0 saturated carbocycles. The summed E-state index contributed by atoms with van der Waals surface area (Å²) >= 11 is 3.06. The fourth-order valence-electron chi connectivity index (χ4n) is 1.37. The second kappa shape index (κ2) is 6.04. The van der Waals surface area contributed by atoms with E-state index in [-0.39, 0.29) is 17.7 Å². The summed E-state index contributed by atoms with van der Waals surface area (Å²) in [6.45, 7) is 1.58. The molecule has 1 atom stereocenters. The molecule has 2 N–H and O–H groups in total. The van der Waals surface area contributed by atoms with Gasteiger partial charge >= 0.3 is 5.97 Å². The summed E-state index contributed by atoms with van der Waals surface area (Å²) in [5, 5.41) is 16.5. The number of aromatic carboxylic acids is 1. The lowest BCUT2D eigenvalue weighted by Crippen LogP contribution is -2.26. The maximum atomic E-state index is 11.8. The van der Waals surface area contributed by atoms with E-state index in [0.29, 0.717) is 4.47 Å². The van der Waals surface area contributed by atoms with E-state index in [0.717, 1.165) is 0 Å². The third-order valence-corrected chi connectivity index (χ3v) is 4.75. The van der Waals surface area contributed by atoms with Crippen molar-refractivity contribution in [2.75, 3.05) is 4.72 Å². The molecule has 1 unspecified atom stereocenters. The van der Waals surface area contributed by atoms with E-state index >= 15 is 0 Å². The van der Waals surface area contributed by atoms with Crippen molar-refractivity contribution < 1.29 is 18.3 Å². The summed E-state index contributed by atoms with van der Waals surface area (Å²) < 4.78 is 26.2. The molecule has 1 aromatic rings. The van der Waals surface area contributed by atoms with Crippen LogP contribution in [-0.4, -0.2) is 24.7 Å². The summed E-state index contributed by atoms with van der Waals surface area (Å²) in [7, 11) is -3.85. The van der Waals surface area contributed by atoms with Crippen molar-refractivity contribution in [3.05, 3.63) is 28.2 Å². The smallest absolute Gasteiger partial charge is 0.336 e. The number of hydrogen-bond acceptors (Lipinski definition) is 4. The Bertz CT molecular complexity index is 637. The highest BCUT2D eigenvalue weighted by Crippen LogP contribution is 2.22. The first-order valence-electron chi connectivity index (χ1n) is 5.26. The molecule has 0 aromatic heterocycles. The van der Waals surface area contributed by atoms with Gasteiger partial charge in [-0.15, -0.1) is 0 Å². The average Bonchev–Trinajstić information content (AvgIpc) is 2.32. The van der Waals surface area contributed by atoms with Gasteiger partial charge in [-0.1, -0.05) is 6.92 Å². The normalized spacial score (nSPS) is 12.5. The highest BCUT2D eigenvalue weighted by Gasteiger charge is 2.23. The first-order chi connectivity index (χ1) is 8.81. The van der Waals surface area contributed by atoms with Crippen LogP contribution in [0.25, 0.3) is 0 Å². The van der Waals surface area contributed by atoms with Gasteiger partial charge in [0.15, 0.2) is 5.25 Å². The van der Waals surface area contributed by atoms with E-state index in [2.05, 4.69) is 20.7 Å². The zero-order chi connectivity index (χ0) is 14.6. The van der Waals surface area contributed by atoms with Crippen molar-refractivity contribution in [3.8, 4) is 6.07 Å². The number of hydrogen-bond donors (Lipinski definition) is 2. The predicted octanol–water partition coefficient (Wildman–Crippen LogP) is 2.19. The first-order valence-corrected chi connectivity index (χ1v) is 7.59. The van der Waals surface area contributed by atoms with E-state index in [1.807, 2.05) is 0 Å². The molecule has 0 aliphatic heterocycles. The topological polar surface area (TPSA) is 107 Å². The van der Waals surface area contributed by atoms with Crippen molar-refractivity contribution in [2.24, 2.45) is 0 Å². The van der Waals surface area contributed by atoms with Crippen LogP contribution < -0.4 is 4.72 Å². The molecular formula is C11H11BrN2O4S. The molecule has 0 fully saturated rings. The van der Waals surface area contributed by atoms with Crippen LogP contribution in [0.4, 0.5) is 5.69 Å². The van der Waals surface area contributed by atoms with E-state index in [4.69, 9.17) is 10.4 Å². The molecule has 6 nitrogen and oxygen atoms in total. The number of benzene rings is 1. The lowest BCUT2D eigenvalue weighted by atomic mass is 10.2. The summed E-state index contributed by atoms with van der Waals surface area (Å²) in [4.78, 5) is 10.9. The quantitative estimate of drug-likeness (QED) is 0.849. The average molecular weight is 347 g/mol. The van der Waals surface area contributed by atoms with Gasteiger partial charge in [0.25, 0.3) is 0 Å². The van der Waals surface area contributed by atoms with Gasteiger partial charge in [-0.2, -0.15) is 5.26 Å². The molecule has 0 spiro atoms. The Kier molecular flexibility index (Phi) is 4.91. The summed E-state index contributed by atoms with van der Waals surface area (Å²) in [6.07, 6.45) is 0.147. The van der Waals surface area contributed by atoms with Crippen LogP contribution in [0.5, 0.6) is 0 Å². The van der Waals surface area contributed by atoms with E-state index in [1.165, 1.54) is 18.2 Å². The molecule has 0 aliphatic rings. The molecule has 0 amide bonds. The van der Waals surface area contributed by atoms with Gasteiger partial charge in [0.1, 0.15) is 0 Å². The van der Waals surface area contributed by atoms with Gasteiger partial charge < -0.3 is 5.11 Å². The zero-order valence-electron chi connectivity index (χ0n) is 9.92. The number of nitriles is 1. The second-order valence-corrected chi connectivity index (χ2v) is 6.39. The van der Waals surface area contributed by atoms with Crippen LogP contribution in [0.3, 0.4) is 0 Å². The molecule has 102 valence electrons. The highest BCUT2D eigenvalue weighted by molar-refractivity contribution is 9.10. The monoisotopic (exact) mass is 346 g/mol. The number of carboxylic acid groups (broad SMARTS) is 1. The Balaban J connectivity index is 3.11. The maximum absolute atomic E-state index is 11.8. The number of nitrogens with one attached hydrogen (secondary N) is 1. The van der Waals surface area contributed by atoms with Crippen LogP contribution in [-0.2, 0) is 10.0 Å². The van der Waals surface area contributed by atoms with Crippen molar-refractivity contribution in [3.63, 3.8) is 0 Å². The van der Waals surface area contributed by atoms with E-state index in [9.17, 15) is 13.2 Å². The molecular weight excluding hydrogens is 336 g/mol. The Morgan fingerprint density at radius 2 is 2.21 bits per heavy atom. The fourth-order valence-corrected chi connectivity index (χ4v) is 2.96. The standard InChI is InChI=1S/C11H11BrN2O4S/c1-2-8(6-13)19(17,18)14-7-3-4-10(12)9(5-7)11(15)16/h3-5,8,14H,2H2,1H3,(H,15,16). The Labute approximate surface area is 119 Å². The molecule has 8 heteroatoms. The van der Waals surface area contributed by atoms with Crippen molar-refractivity contribution >= 4 is 37.6 Å². The van der Waals surface area contributed by atoms with Crippen molar-refractivity contribution in [2.45, 2.75) is 18.6 Å². The first kappa shape index (κ1) is 15.5. The molecule has 0 aliphatic carbocycles. The van der Waals surface area contributed by atoms with Gasteiger partial charge in [-0.25, -0.2) is 13.2 Å². The predicted molar refractivity (Wildman–Crippen MR) is 73.3 cm³/mol. The third kappa shape index (κ3) is 3.68. The molecule has 19 heavy (non-hydrogen) atoms. The Morgan fingerprint density at radius 1 is 1.58 bits per heavy atom. The fraction of sp³-hybridized carbons (Fsp3) is 0.273. The van der Waals surface area contributed by atoms with Crippen LogP contribution in [0.15, 0.2) is 22.7 Å². The van der Waals surface area contributed by atoms with Gasteiger partial charge in [0.05, 0.1) is 11.6 Å². The highest BCUT2D eigenvalue weighted by atomic mass is 79.9. The van der Waals surface area contributed by atoms with Gasteiger partial charge in [-0.3, -0.25) is 4.72 Å². The molecule has 0 bridgehead atoms. The number of nitrogens with zero attached hydrogens (tertiary/aromatic N) is 1. The van der Waals surface area contributed by atoms with Crippen LogP contribution in [0.2, 0.25) is 0 Å². The van der Waals surface area contributed by atoms with Crippen molar-refractivity contribution in [1.29, 1.82) is 5.26 Å². The minimum Gasteiger partial charge on any atom is -0.478 e. The van der Waals surface area contributed by atoms with Gasteiger partial charge in [0.2, 0.25) is 10.0 Å². The molecule has 0 saturated heterocycles. The number of anilines is 1. The molecule has 0 heterocycles. The summed E-state index contributed by atoms with van der Waals surface area (Å²) in [6, 6.07) is 5.71. The minimum absolute atomic E-state index is 0.0646. The SMILES string of the molecule is CCC(C#N)S(=O)(=O)Nc1ccc(Br)c(C(=O)O)c1. The molecule has 1 rings (SSSR count). The number of sulfonamides is 1. The number of rotatable bonds is 5. The van der Waals surface area contributed by atoms with Gasteiger partial charge in [0, 0.05) is 10.2 Å². The summed E-state index contributed by atoms with van der Waals surface area (Å²) in [5.41, 5.74) is 0.0412. The number of carbonyl (C=O) groups is 1. The second-order valence-electron chi connectivity index (χ2n) is 3.67. The third-order valence-electron chi connectivity index (χ3n) is 2.35. The largest absolute Gasteiger partial charge is 0.478 e. The molecule has 0 radical (unpaired) electrons. The Hall–Kier alpha value is -1.59. The molecule has 1 aromatic carbocycles. The lowest BCUT2D eigenvalue weighted by Gasteiger charge is -2.12. The van der Waals surface area contributed by atoms with Crippen LogP contribution in [0.1, 0.15) is 23.7 Å². The van der Waals surface area contributed by atoms with Crippen molar-refractivity contribution in [1.82, 2.24) is 0 Å². The summed E-state index contributed by atoms with van der Waals surface area (Å²) in [5.74, 6) is -1.18. The lowest BCUT2D eigenvalue weighted by molar-refractivity contribution is 0.0696. The van der Waals surface area contributed by atoms with E-state index in [1.54, 1.807) is 13.0 Å². The number of halogens is 1. The Morgan fingerprint density at radius 3 is 2.68 bits per heavy atom. The zero-order valence-corrected chi connectivity index (χ0v) is 12.3. The maximum Gasteiger partial charge on any atom is 0.336 e. The van der Waals surface area contributed by atoms with Crippen LogP contribution >= 0.6 is 15.9 Å². The van der Waals surface area contributed by atoms with E-state index < -0.39 is 21.2 Å².